The third-order valence-electron chi connectivity index (χ3n) is 2.76. The molecule has 0 bridgehead atoms. The lowest BCUT2D eigenvalue weighted by molar-refractivity contribution is 0.317. The summed E-state index contributed by atoms with van der Waals surface area (Å²) >= 11 is 1.58. The third-order valence-corrected chi connectivity index (χ3v) is 3.63. The van der Waals surface area contributed by atoms with E-state index in [1.807, 2.05) is 7.05 Å². The van der Waals surface area contributed by atoms with E-state index in [-0.39, 0.29) is 5.82 Å². The Kier molecular flexibility index (Phi) is 5.43. The van der Waals surface area contributed by atoms with Crippen molar-refractivity contribution in [2.24, 2.45) is 0 Å². The van der Waals surface area contributed by atoms with E-state index >= 15 is 0 Å². The maximum atomic E-state index is 12.8. The lowest BCUT2D eigenvalue weighted by Gasteiger charge is -2.14. The molecule has 4 nitrogen and oxygen atoms in total. The van der Waals surface area contributed by atoms with E-state index in [9.17, 15) is 4.39 Å². The van der Waals surface area contributed by atoms with E-state index in [4.69, 9.17) is 0 Å². The van der Waals surface area contributed by atoms with Crippen LogP contribution in [0.15, 0.2) is 24.3 Å². The van der Waals surface area contributed by atoms with Crippen LogP contribution >= 0.6 is 11.3 Å². The van der Waals surface area contributed by atoms with Crippen molar-refractivity contribution in [2.75, 3.05) is 18.9 Å². The largest absolute Gasteiger partial charge is 0.360 e. The molecule has 1 N–H and O–H groups in total. The first-order chi connectivity index (χ1) is 9.67. The molecule has 0 saturated heterocycles. The molecule has 20 heavy (non-hydrogen) atoms. The van der Waals surface area contributed by atoms with Crippen molar-refractivity contribution in [3.63, 3.8) is 0 Å². The van der Waals surface area contributed by atoms with Gasteiger partial charge in [0.1, 0.15) is 10.8 Å². The molecular formula is C14H19FN4S. The number of nitrogens with zero attached hydrogens (tertiary/aromatic N) is 3. The van der Waals surface area contributed by atoms with Gasteiger partial charge >= 0.3 is 0 Å². The number of anilines is 1. The highest BCUT2D eigenvalue weighted by Gasteiger charge is 2.07. The quantitative estimate of drug-likeness (QED) is 0.852. The van der Waals surface area contributed by atoms with E-state index < -0.39 is 0 Å². The van der Waals surface area contributed by atoms with Gasteiger partial charge in [0.25, 0.3) is 0 Å². The van der Waals surface area contributed by atoms with Gasteiger partial charge in [0, 0.05) is 13.1 Å². The Labute approximate surface area is 122 Å². The number of aromatic nitrogens is 2. The second-order valence-electron chi connectivity index (χ2n) is 4.73. The zero-order valence-electron chi connectivity index (χ0n) is 11.8. The summed E-state index contributed by atoms with van der Waals surface area (Å²) in [5, 5.41) is 13.4. The minimum atomic E-state index is -0.202. The maximum Gasteiger partial charge on any atom is 0.205 e. The van der Waals surface area contributed by atoms with E-state index in [1.165, 1.54) is 12.1 Å². The molecule has 0 amide bonds. The van der Waals surface area contributed by atoms with Crippen molar-refractivity contribution in [1.82, 2.24) is 15.1 Å². The fourth-order valence-corrected chi connectivity index (χ4v) is 2.65. The first-order valence-electron chi connectivity index (χ1n) is 6.66. The van der Waals surface area contributed by atoms with Crippen LogP contribution in [0.3, 0.4) is 0 Å². The Balaban J connectivity index is 1.86. The minimum Gasteiger partial charge on any atom is -0.360 e. The SMILES string of the molecule is CCCNc1nnc(CN(C)Cc2ccc(F)cc2)s1. The summed E-state index contributed by atoms with van der Waals surface area (Å²) in [7, 11) is 2.02. The molecule has 0 saturated carbocycles. The number of rotatable bonds is 7. The van der Waals surface area contributed by atoms with Crippen LogP contribution in [0.5, 0.6) is 0 Å². The topological polar surface area (TPSA) is 41.1 Å². The van der Waals surface area contributed by atoms with Gasteiger partial charge in [-0.05, 0) is 31.2 Å². The van der Waals surface area contributed by atoms with Crippen molar-refractivity contribution >= 4 is 16.5 Å². The van der Waals surface area contributed by atoms with E-state index in [0.717, 1.165) is 41.8 Å². The summed E-state index contributed by atoms with van der Waals surface area (Å²) < 4.78 is 12.8. The smallest absolute Gasteiger partial charge is 0.205 e. The molecule has 108 valence electrons. The van der Waals surface area contributed by atoms with Gasteiger partial charge in [-0.2, -0.15) is 0 Å². The zero-order valence-corrected chi connectivity index (χ0v) is 12.6. The standard InChI is InChI=1S/C14H19FN4S/c1-3-8-16-14-18-17-13(20-14)10-19(2)9-11-4-6-12(15)7-5-11/h4-7H,3,8-10H2,1-2H3,(H,16,18). The summed E-state index contributed by atoms with van der Waals surface area (Å²) in [6.07, 6.45) is 1.07. The van der Waals surface area contributed by atoms with Crippen LogP contribution in [0.4, 0.5) is 9.52 Å². The number of hydrogen-bond acceptors (Lipinski definition) is 5. The third kappa shape index (κ3) is 4.54. The second-order valence-corrected chi connectivity index (χ2v) is 5.79. The number of hydrogen-bond donors (Lipinski definition) is 1. The van der Waals surface area contributed by atoms with Gasteiger partial charge in [-0.25, -0.2) is 4.39 Å². The number of benzene rings is 1. The highest BCUT2D eigenvalue weighted by atomic mass is 32.1. The Bertz CT molecular complexity index is 526. The zero-order chi connectivity index (χ0) is 14.4. The summed E-state index contributed by atoms with van der Waals surface area (Å²) in [6.45, 7) is 4.53. The molecule has 1 heterocycles. The molecule has 6 heteroatoms. The molecule has 1 aromatic heterocycles. The monoisotopic (exact) mass is 294 g/mol. The lowest BCUT2D eigenvalue weighted by Crippen LogP contribution is -2.17. The average Bonchev–Trinajstić information content (AvgIpc) is 2.86. The van der Waals surface area contributed by atoms with Crippen LogP contribution in [0.2, 0.25) is 0 Å². The molecule has 0 aliphatic heterocycles. The van der Waals surface area contributed by atoms with Crippen molar-refractivity contribution in [3.05, 3.63) is 40.7 Å². The minimum absolute atomic E-state index is 0.202. The molecule has 0 fully saturated rings. The van der Waals surface area contributed by atoms with Gasteiger partial charge in [0.15, 0.2) is 0 Å². The van der Waals surface area contributed by atoms with Crippen molar-refractivity contribution < 1.29 is 4.39 Å². The summed E-state index contributed by atoms with van der Waals surface area (Å²) in [5.41, 5.74) is 1.09. The van der Waals surface area contributed by atoms with Gasteiger partial charge in [-0.15, -0.1) is 10.2 Å². The van der Waals surface area contributed by atoms with Crippen LogP contribution in [0, 0.1) is 5.82 Å². The molecule has 0 aliphatic carbocycles. The molecule has 2 rings (SSSR count). The molecule has 0 atom stereocenters. The lowest BCUT2D eigenvalue weighted by atomic mass is 10.2. The number of halogens is 1. The first kappa shape index (κ1) is 14.9. The van der Waals surface area contributed by atoms with Crippen LogP contribution in [-0.2, 0) is 13.1 Å². The Morgan fingerprint density at radius 2 is 1.95 bits per heavy atom. The average molecular weight is 294 g/mol. The first-order valence-corrected chi connectivity index (χ1v) is 7.48. The molecule has 1 aromatic carbocycles. The van der Waals surface area contributed by atoms with Gasteiger partial charge in [-0.3, -0.25) is 4.90 Å². The molecule has 0 aliphatic rings. The molecule has 0 spiro atoms. The fraction of sp³-hybridized carbons (Fsp3) is 0.429. The Hall–Kier alpha value is -1.53. The van der Waals surface area contributed by atoms with Gasteiger partial charge < -0.3 is 5.32 Å². The van der Waals surface area contributed by atoms with Gasteiger partial charge in [-0.1, -0.05) is 30.4 Å². The van der Waals surface area contributed by atoms with Gasteiger partial charge in [0.2, 0.25) is 5.13 Å². The maximum absolute atomic E-state index is 12.8. The van der Waals surface area contributed by atoms with Crippen LogP contribution in [0.25, 0.3) is 0 Å². The van der Waals surface area contributed by atoms with Crippen LogP contribution < -0.4 is 5.32 Å². The predicted molar refractivity (Wildman–Crippen MR) is 80.3 cm³/mol. The summed E-state index contributed by atoms with van der Waals surface area (Å²) in [5.74, 6) is -0.202. The second kappa shape index (κ2) is 7.31. The number of nitrogens with one attached hydrogen (secondary N) is 1. The van der Waals surface area contributed by atoms with Crippen LogP contribution in [-0.4, -0.2) is 28.7 Å². The van der Waals surface area contributed by atoms with Crippen LogP contribution in [0.1, 0.15) is 23.9 Å². The summed E-state index contributed by atoms with van der Waals surface area (Å²) in [6, 6.07) is 6.59. The highest BCUT2D eigenvalue weighted by molar-refractivity contribution is 7.15. The van der Waals surface area contributed by atoms with Crippen molar-refractivity contribution in [2.45, 2.75) is 26.4 Å². The Morgan fingerprint density at radius 3 is 2.65 bits per heavy atom. The van der Waals surface area contributed by atoms with Gasteiger partial charge in [0.05, 0.1) is 6.54 Å². The molecule has 0 unspecified atom stereocenters. The molecular weight excluding hydrogens is 275 g/mol. The normalized spacial score (nSPS) is 11.0. The van der Waals surface area contributed by atoms with E-state index in [1.54, 1.807) is 23.5 Å². The predicted octanol–water partition coefficient (Wildman–Crippen LogP) is 3.13. The molecule has 0 radical (unpaired) electrons. The van der Waals surface area contributed by atoms with E-state index in [2.05, 4.69) is 27.3 Å². The van der Waals surface area contributed by atoms with Crippen molar-refractivity contribution in [1.29, 1.82) is 0 Å². The molecule has 2 aromatic rings. The highest BCUT2D eigenvalue weighted by Crippen LogP contribution is 2.17. The van der Waals surface area contributed by atoms with Crippen molar-refractivity contribution in [3.8, 4) is 0 Å². The summed E-state index contributed by atoms with van der Waals surface area (Å²) in [4.78, 5) is 2.14. The fourth-order valence-electron chi connectivity index (χ4n) is 1.81. The Morgan fingerprint density at radius 1 is 1.20 bits per heavy atom. The van der Waals surface area contributed by atoms with E-state index in [0.29, 0.717) is 0 Å².